The Hall–Kier alpha value is -4.46. The molecular weight excluding hydrogens is 558 g/mol. The molecule has 1 fully saturated rings. The van der Waals surface area contributed by atoms with Crippen molar-refractivity contribution in [1.29, 1.82) is 0 Å². The minimum atomic E-state index is -5.36. The number of hydrogen-bond acceptors (Lipinski definition) is 6. The first-order valence-corrected chi connectivity index (χ1v) is 12.2. The number of halogens is 6. The molecule has 0 radical (unpaired) electrons. The highest BCUT2D eigenvalue weighted by Crippen LogP contribution is 2.35. The third-order valence-corrected chi connectivity index (χ3v) is 6.75. The van der Waals surface area contributed by atoms with Crippen LogP contribution in [-0.4, -0.2) is 64.1 Å². The van der Waals surface area contributed by atoms with Gasteiger partial charge in [-0.2, -0.15) is 26.3 Å². The Labute approximate surface area is 228 Å². The molecule has 2 amide bonds. The standard InChI is InChI=1S/C27H20F6N4O4/c28-26(29,30)18-3-1-2-16(12-18)17-4-5-20-19(13-17)23(39)37-11-10-36(14-15-6-8-34-9-7-15)24(21(37)22(38)35-20)41-25(40)27(31,32)33/h1-9,12-13,21,24H,10-11,14H2,(H,35,38). The number of hydrogen-bond donors (Lipinski definition) is 1. The topological polar surface area (TPSA) is 91.8 Å². The number of fused-ring (bicyclic) bond motifs is 2. The summed E-state index contributed by atoms with van der Waals surface area (Å²) in [5.41, 5.74) is 0.0279. The average molecular weight is 578 g/mol. The van der Waals surface area contributed by atoms with E-state index in [9.17, 15) is 40.7 Å². The van der Waals surface area contributed by atoms with Gasteiger partial charge in [0.15, 0.2) is 12.3 Å². The van der Waals surface area contributed by atoms with Gasteiger partial charge in [0.25, 0.3) is 11.8 Å². The maximum atomic E-state index is 13.7. The van der Waals surface area contributed by atoms with Gasteiger partial charge < -0.3 is 15.0 Å². The van der Waals surface area contributed by atoms with Crippen LogP contribution in [0.3, 0.4) is 0 Å². The smallest absolute Gasteiger partial charge is 0.437 e. The Morgan fingerprint density at radius 2 is 1.66 bits per heavy atom. The number of benzene rings is 2. The van der Waals surface area contributed by atoms with Crippen LogP contribution >= 0.6 is 0 Å². The van der Waals surface area contributed by atoms with Crippen molar-refractivity contribution in [2.45, 2.75) is 31.2 Å². The molecule has 2 aliphatic rings. The SMILES string of the molecule is O=C1Nc2ccc(-c3cccc(C(F)(F)F)c3)cc2C(=O)N2CCN(Cc3ccncc3)C(OC(=O)C(F)(F)F)C12. The molecule has 0 saturated carbocycles. The number of carbonyl (C=O) groups is 3. The summed E-state index contributed by atoms with van der Waals surface area (Å²) >= 11 is 0. The van der Waals surface area contributed by atoms with Crippen molar-refractivity contribution >= 4 is 23.5 Å². The van der Waals surface area contributed by atoms with Crippen LogP contribution in [0.25, 0.3) is 11.1 Å². The predicted molar refractivity (Wildman–Crippen MR) is 131 cm³/mol. The molecule has 0 aliphatic carbocycles. The first-order valence-electron chi connectivity index (χ1n) is 12.2. The molecule has 8 nitrogen and oxygen atoms in total. The maximum absolute atomic E-state index is 13.7. The van der Waals surface area contributed by atoms with Gasteiger partial charge in [-0.3, -0.25) is 19.5 Å². The van der Waals surface area contributed by atoms with E-state index in [4.69, 9.17) is 4.74 Å². The Morgan fingerprint density at radius 1 is 0.951 bits per heavy atom. The molecule has 1 aromatic heterocycles. The number of esters is 1. The Bertz CT molecular complexity index is 1500. The number of carbonyl (C=O) groups excluding carboxylic acids is 3. The molecule has 2 aromatic carbocycles. The van der Waals surface area contributed by atoms with Crippen LogP contribution in [0, 0.1) is 0 Å². The molecule has 2 aliphatic heterocycles. The van der Waals surface area contributed by atoms with Gasteiger partial charge in [-0.05, 0) is 53.1 Å². The van der Waals surface area contributed by atoms with Crippen molar-refractivity contribution in [3.8, 4) is 11.1 Å². The summed E-state index contributed by atoms with van der Waals surface area (Å²) in [6.07, 6.45) is -8.84. The Kier molecular flexibility index (Phi) is 7.19. The van der Waals surface area contributed by atoms with E-state index in [-0.39, 0.29) is 42.0 Å². The van der Waals surface area contributed by atoms with Crippen molar-refractivity contribution in [2.75, 3.05) is 18.4 Å². The van der Waals surface area contributed by atoms with E-state index in [1.165, 1.54) is 47.6 Å². The molecule has 41 heavy (non-hydrogen) atoms. The number of rotatable bonds is 4. The number of ether oxygens (including phenoxy) is 1. The van der Waals surface area contributed by atoms with Gasteiger partial charge in [0.05, 0.1) is 16.8 Å². The number of piperazine rings is 1. The highest BCUT2D eigenvalue weighted by molar-refractivity contribution is 6.11. The van der Waals surface area contributed by atoms with Crippen LogP contribution < -0.4 is 5.32 Å². The van der Waals surface area contributed by atoms with Crippen LogP contribution in [0.5, 0.6) is 0 Å². The van der Waals surface area contributed by atoms with Crippen LogP contribution in [0.4, 0.5) is 32.0 Å². The summed E-state index contributed by atoms with van der Waals surface area (Å²) in [5.74, 6) is -4.20. The highest BCUT2D eigenvalue weighted by atomic mass is 19.4. The average Bonchev–Trinajstić information content (AvgIpc) is 3.03. The van der Waals surface area contributed by atoms with Gasteiger partial charge in [0.1, 0.15) is 0 Å². The van der Waals surface area contributed by atoms with Crippen LogP contribution in [0.1, 0.15) is 21.5 Å². The van der Waals surface area contributed by atoms with E-state index >= 15 is 0 Å². The minimum absolute atomic E-state index is 0.00621. The van der Waals surface area contributed by atoms with Crippen molar-refractivity contribution in [2.24, 2.45) is 0 Å². The lowest BCUT2D eigenvalue weighted by Crippen LogP contribution is -2.65. The summed E-state index contributed by atoms with van der Waals surface area (Å²) in [5, 5.41) is 2.50. The van der Waals surface area contributed by atoms with Crippen molar-refractivity contribution < 1.29 is 45.5 Å². The molecule has 14 heteroatoms. The zero-order chi connectivity index (χ0) is 29.5. The zero-order valence-corrected chi connectivity index (χ0v) is 20.9. The van der Waals surface area contributed by atoms with Crippen LogP contribution in [-0.2, 0) is 27.0 Å². The largest absolute Gasteiger partial charge is 0.490 e. The van der Waals surface area contributed by atoms with Gasteiger partial charge in [0.2, 0.25) is 0 Å². The van der Waals surface area contributed by atoms with E-state index in [0.717, 1.165) is 17.0 Å². The fourth-order valence-corrected chi connectivity index (χ4v) is 4.81. The fourth-order valence-electron chi connectivity index (χ4n) is 4.81. The Balaban J connectivity index is 1.51. The van der Waals surface area contributed by atoms with Crippen LogP contribution in [0.2, 0.25) is 0 Å². The number of aromatic nitrogens is 1. The molecule has 0 bridgehead atoms. The van der Waals surface area contributed by atoms with E-state index in [2.05, 4.69) is 10.3 Å². The maximum Gasteiger partial charge on any atom is 0.490 e. The molecule has 3 heterocycles. The van der Waals surface area contributed by atoms with Crippen LogP contribution in [0.15, 0.2) is 67.0 Å². The second-order valence-corrected chi connectivity index (χ2v) is 9.39. The monoisotopic (exact) mass is 578 g/mol. The van der Waals surface area contributed by atoms with Crippen molar-refractivity contribution in [3.05, 3.63) is 83.7 Å². The van der Waals surface area contributed by atoms with Crippen molar-refractivity contribution in [1.82, 2.24) is 14.8 Å². The quantitative estimate of drug-likeness (QED) is 0.363. The lowest BCUT2D eigenvalue weighted by atomic mass is 9.99. The lowest BCUT2D eigenvalue weighted by Gasteiger charge is -2.44. The minimum Gasteiger partial charge on any atom is -0.437 e. The molecule has 2 atom stereocenters. The normalized spacial score (nSPS) is 19.6. The summed E-state index contributed by atoms with van der Waals surface area (Å²) in [7, 11) is 0. The van der Waals surface area contributed by atoms with Gasteiger partial charge in [-0.1, -0.05) is 18.2 Å². The van der Waals surface area contributed by atoms with E-state index in [0.29, 0.717) is 5.56 Å². The summed E-state index contributed by atoms with van der Waals surface area (Å²) in [6.45, 7) is -0.192. The zero-order valence-electron chi connectivity index (χ0n) is 20.9. The third-order valence-electron chi connectivity index (χ3n) is 6.75. The molecule has 214 valence electrons. The van der Waals surface area contributed by atoms with Gasteiger partial charge >= 0.3 is 18.3 Å². The van der Waals surface area contributed by atoms with Crippen molar-refractivity contribution in [3.63, 3.8) is 0 Å². The first-order chi connectivity index (χ1) is 19.3. The number of amides is 2. The van der Waals surface area contributed by atoms with Gasteiger partial charge in [-0.15, -0.1) is 0 Å². The molecule has 3 aromatic rings. The van der Waals surface area contributed by atoms with E-state index in [1.807, 2.05) is 0 Å². The predicted octanol–water partition coefficient (Wildman–Crippen LogP) is 4.48. The van der Waals surface area contributed by atoms with Gasteiger partial charge in [-0.25, -0.2) is 4.79 Å². The lowest BCUT2D eigenvalue weighted by molar-refractivity contribution is -0.220. The van der Waals surface area contributed by atoms with Gasteiger partial charge in [0, 0.05) is 32.0 Å². The second kappa shape index (κ2) is 10.5. The number of pyridine rings is 1. The third kappa shape index (κ3) is 5.73. The first kappa shape index (κ1) is 28.1. The summed E-state index contributed by atoms with van der Waals surface area (Å²) in [6, 6.07) is 10.0. The summed E-state index contributed by atoms with van der Waals surface area (Å²) in [4.78, 5) is 45.2. The molecule has 1 N–H and O–H groups in total. The molecule has 1 saturated heterocycles. The Morgan fingerprint density at radius 3 is 2.34 bits per heavy atom. The second-order valence-electron chi connectivity index (χ2n) is 9.39. The number of anilines is 1. The highest BCUT2D eigenvalue weighted by Gasteiger charge is 2.51. The molecular formula is C27H20F6N4O4. The molecule has 2 unspecified atom stereocenters. The molecule has 0 spiro atoms. The number of nitrogens with one attached hydrogen (secondary N) is 1. The number of alkyl halides is 6. The number of nitrogens with zero attached hydrogens (tertiary/aromatic N) is 3. The summed E-state index contributed by atoms with van der Waals surface area (Å²) < 4.78 is 84.2. The molecule has 5 rings (SSSR count). The van der Waals surface area contributed by atoms with E-state index in [1.54, 1.807) is 12.1 Å². The fraction of sp³-hybridized carbons (Fsp3) is 0.259. The van der Waals surface area contributed by atoms with E-state index < -0.39 is 48.0 Å².